The van der Waals surface area contributed by atoms with E-state index in [9.17, 15) is 9.59 Å². The molecule has 0 bridgehead atoms. The average Bonchev–Trinajstić information content (AvgIpc) is 3.05. The molecule has 2 aromatic rings. The molecule has 2 aromatic heterocycles. The second-order valence-electron chi connectivity index (χ2n) is 4.02. The fraction of sp³-hybridized carbons (Fsp3) is 0.231. The molecule has 0 saturated heterocycles. The van der Waals surface area contributed by atoms with Gasteiger partial charge in [-0.05, 0) is 23.9 Å². The normalized spacial score (nSPS) is 10.4. The Balaban J connectivity index is 2.02. The number of carbonyl (C=O) groups is 2. The predicted molar refractivity (Wildman–Crippen MR) is 70.7 cm³/mol. The largest absolute Gasteiger partial charge is 0.478 e. The van der Waals surface area contributed by atoms with E-state index in [1.165, 1.54) is 22.1 Å². The summed E-state index contributed by atoms with van der Waals surface area (Å²) in [5, 5.41) is 10.9. The molecule has 5 nitrogen and oxygen atoms in total. The summed E-state index contributed by atoms with van der Waals surface area (Å²) in [6.07, 6.45) is 1.95. The zero-order valence-electron chi connectivity index (χ0n) is 10.3. The van der Waals surface area contributed by atoms with Crippen molar-refractivity contribution >= 4 is 23.2 Å². The lowest BCUT2D eigenvalue weighted by atomic mass is 10.2. The van der Waals surface area contributed by atoms with Gasteiger partial charge in [0.05, 0.1) is 6.26 Å². The van der Waals surface area contributed by atoms with Gasteiger partial charge in [-0.3, -0.25) is 4.79 Å². The highest BCUT2D eigenvalue weighted by Crippen LogP contribution is 2.14. The van der Waals surface area contributed by atoms with Gasteiger partial charge in [0.25, 0.3) is 5.91 Å². The molecular formula is C13H13NO4S. The fourth-order valence-corrected chi connectivity index (χ4v) is 2.35. The van der Waals surface area contributed by atoms with Gasteiger partial charge < -0.3 is 14.4 Å². The van der Waals surface area contributed by atoms with Crippen LogP contribution in [-0.4, -0.2) is 35.5 Å². The molecule has 0 radical (unpaired) electrons. The van der Waals surface area contributed by atoms with Gasteiger partial charge in [0.2, 0.25) is 5.76 Å². The van der Waals surface area contributed by atoms with Crippen LogP contribution in [0.4, 0.5) is 0 Å². The minimum Gasteiger partial charge on any atom is -0.478 e. The fourth-order valence-electron chi connectivity index (χ4n) is 1.65. The molecule has 0 aliphatic rings. The number of nitrogens with zero attached hydrogens (tertiary/aromatic N) is 1. The van der Waals surface area contributed by atoms with Crippen LogP contribution >= 0.6 is 11.3 Å². The summed E-state index contributed by atoms with van der Waals surface area (Å²) in [6.45, 7) is 0.513. The van der Waals surface area contributed by atoms with E-state index in [0.717, 1.165) is 6.42 Å². The predicted octanol–water partition coefficient (Wildman–Crippen LogP) is 2.35. The second-order valence-corrected chi connectivity index (χ2v) is 5.06. The van der Waals surface area contributed by atoms with Gasteiger partial charge in [0.1, 0.15) is 5.56 Å². The number of aromatic carboxylic acids is 1. The number of furan rings is 1. The SMILES string of the molecule is CN(CCc1cccs1)C(=O)c1occc1C(=O)O. The van der Waals surface area contributed by atoms with E-state index in [1.54, 1.807) is 18.4 Å². The molecule has 0 spiro atoms. The molecule has 0 atom stereocenters. The molecule has 0 fully saturated rings. The molecule has 19 heavy (non-hydrogen) atoms. The third-order valence-electron chi connectivity index (χ3n) is 2.71. The molecule has 6 heteroatoms. The maximum Gasteiger partial charge on any atom is 0.339 e. The van der Waals surface area contributed by atoms with Gasteiger partial charge in [-0.2, -0.15) is 0 Å². The highest BCUT2D eigenvalue weighted by molar-refractivity contribution is 7.09. The van der Waals surface area contributed by atoms with Crippen molar-refractivity contribution in [1.29, 1.82) is 0 Å². The van der Waals surface area contributed by atoms with E-state index < -0.39 is 11.9 Å². The molecule has 100 valence electrons. The Morgan fingerprint density at radius 1 is 1.42 bits per heavy atom. The first-order valence-corrected chi connectivity index (χ1v) is 6.56. The number of carbonyl (C=O) groups excluding carboxylic acids is 1. The van der Waals surface area contributed by atoms with Gasteiger partial charge >= 0.3 is 5.97 Å². The number of hydrogen-bond donors (Lipinski definition) is 1. The molecule has 0 aliphatic carbocycles. The summed E-state index contributed by atoms with van der Waals surface area (Å²) in [7, 11) is 1.63. The van der Waals surface area contributed by atoms with Crippen LogP contribution in [0.5, 0.6) is 0 Å². The summed E-state index contributed by atoms with van der Waals surface area (Å²) in [4.78, 5) is 25.6. The van der Waals surface area contributed by atoms with Gasteiger partial charge in [-0.15, -0.1) is 11.3 Å². The van der Waals surface area contributed by atoms with Crippen LogP contribution in [0.2, 0.25) is 0 Å². The van der Waals surface area contributed by atoms with Crippen molar-refractivity contribution in [2.24, 2.45) is 0 Å². The standard InChI is InChI=1S/C13H13NO4S/c1-14(6-4-9-3-2-8-19-9)12(15)11-10(13(16)17)5-7-18-11/h2-3,5,7-8H,4,6H2,1H3,(H,16,17). The maximum absolute atomic E-state index is 12.1. The summed E-state index contributed by atoms with van der Waals surface area (Å²) in [5.74, 6) is -1.70. The monoisotopic (exact) mass is 279 g/mol. The maximum atomic E-state index is 12.1. The van der Waals surface area contributed by atoms with Gasteiger partial charge in [-0.25, -0.2) is 4.79 Å². The van der Waals surface area contributed by atoms with Crippen LogP contribution in [0.3, 0.4) is 0 Å². The third kappa shape index (κ3) is 3.03. The minimum atomic E-state index is -1.16. The van der Waals surface area contributed by atoms with Crippen molar-refractivity contribution in [3.05, 3.63) is 46.0 Å². The molecule has 0 unspecified atom stereocenters. The Bertz CT molecular complexity index is 573. The Labute approximate surface area is 114 Å². The van der Waals surface area contributed by atoms with E-state index in [4.69, 9.17) is 9.52 Å². The molecule has 0 aliphatic heterocycles. The molecule has 0 aromatic carbocycles. The van der Waals surface area contributed by atoms with Crippen LogP contribution in [-0.2, 0) is 6.42 Å². The van der Waals surface area contributed by atoms with E-state index in [0.29, 0.717) is 6.54 Å². The van der Waals surface area contributed by atoms with Crippen LogP contribution < -0.4 is 0 Å². The van der Waals surface area contributed by atoms with Crippen molar-refractivity contribution in [3.63, 3.8) is 0 Å². The first kappa shape index (κ1) is 13.4. The highest BCUT2D eigenvalue weighted by Gasteiger charge is 2.23. The highest BCUT2D eigenvalue weighted by atomic mass is 32.1. The van der Waals surface area contributed by atoms with Gasteiger partial charge in [0.15, 0.2) is 0 Å². The number of thiophene rings is 1. The van der Waals surface area contributed by atoms with Crippen molar-refractivity contribution in [3.8, 4) is 0 Å². The molecule has 0 saturated carbocycles. The van der Waals surface area contributed by atoms with Crippen LogP contribution in [0.25, 0.3) is 0 Å². The first-order chi connectivity index (χ1) is 9.09. The Morgan fingerprint density at radius 3 is 2.84 bits per heavy atom. The van der Waals surface area contributed by atoms with Crippen LogP contribution in [0, 0.1) is 0 Å². The van der Waals surface area contributed by atoms with Gasteiger partial charge in [0, 0.05) is 18.5 Å². The number of carboxylic acid groups (broad SMARTS) is 1. The second kappa shape index (κ2) is 5.71. The Kier molecular flexibility index (Phi) is 4.01. The third-order valence-corrected chi connectivity index (χ3v) is 3.65. The number of carboxylic acids is 1. The van der Waals surface area contributed by atoms with E-state index in [2.05, 4.69) is 0 Å². The lowest BCUT2D eigenvalue weighted by molar-refractivity contribution is 0.0672. The number of amides is 1. The Hall–Kier alpha value is -2.08. The first-order valence-electron chi connectivity index (χ1n) is 5.68. The summed E-state index contributed by atoms with van der Waals surface area (Å²) >= 11 is 1.63. The summed E-state index contributed by atoms with van der Waals surface area (Å²) < 4.78 is 4.98. The summed E-state index contributed by atoms with van der Waals surface area (Å²) in [6, 6.07) is 5.23. The zero-order valence-corrected chi connectivity index (χ0v) is 11.1. The molecule has 1 N–H and O–H groups in total. The number of likely N-dealkylation sites (N-methyl/N-ethyl adjacent to an activating group) is 1. The molecular weight excluding hydrogens is 266 g/mol. The van der Waals surface area contributed by atoms with Crippen LogP contribution in [0.15, 0.2) is 34.3 Å². The lowest BCUT2D eigenvalue weighted by Gasteiger charge is -2.15. The topological polar surface area (TPSA) is 70.8 Å². The molecule has 1 amide bonds. The quantitative estimate of drug-likeness (QED) is 0.912. The number of hydrogen-bond acceptors (Lipinski definition) is 4. The lowest BCUT2D eigenvalue weighted by Crippen LogP contribution is -2.29. The van der Waals surface area contributed by atoms with Crippen molar-refractivity contribution < 1.29 is 19.1 Å². The zero-order chi connectivity index (χ0) is 13.8. The van der Waals surface area contributed by atoms with Crippen molar-refractivity contribution in [2.75, 3.05) is 13.6 Å². The van der Waals surface area contributed by atoms with E-state index in [-0.39, 0.29) is 11.3 Å². The van der Waals surface area contributed by atoms with E-state index >= 15 is 0 Å². The molecule has 2 rings (SSSR count). The van der Waals surface area contributed by atoms with Crippen molar-refractivity contribution in [1.82, 2.24) is 4.90 Å². The molecule has 2 heterocycles. The van der Waals surface area contributed by atoms with E-state index in [1.807, 2.05) is 17.5 Å². The van der Waals surface area contributed by atoms with Crippen LogP contribution in [0.1, 0.15) is 25.8 Å². The van der Waals surface area contributed by atoms with Crippen molar-refractivity contribution in [2.45, 2.75) is 6.42 Å². The number of rotatable bonds is 5. The van der Waals surface area contributed by atoms with Gasteiger partial charge in [-0.1, -0.05) is 6.07 Å². The average molecular weight is 279 g/mol. The Morgan fingerprint density at radius 2 is 2.21 bits per heavy atom. The summed E-state index contributed by atoms with van der Waals surface area (Å²) in [5.41, 5.74) is -0.104. The smallest absolute Gasteiger partial charge is 0.339 e. The minimum absolute atomic E-state index is 0.104.